The number of amides is 1. The van der Waals surface area contributed by atoms with Crippen LogP contribution in [0.2, 0.25) is 4.34 Å². The van der Waals surface area contributed by atoms with Gasteiger partial charge in [-0.15, -0.1) is 11.3 Å². The lowest BCUT2D eigenvalue weighted by atomic mass is 10.2. The third kappa shape index (κ3) is 5.95. The van der Waals surface area contributed by atoms with Gasteiger partial charge in [-0.1, -0.05) is 41.9 Å². The second-order valence-corrected chi connectivity index (χ2v) is 7.24. The van der Waals surface area contributed by atoms with Crippen LogP contribution in [-0.4, -0.2) is 42.4 Å². The van der Waals surface area contributed by atoms with Crippen molar-refractivity contribution in [1.82, 2.24) is 9.80 Å². The largest absolute Gasteiger partial charge is 0.340 e. The monoisotopic (exact) mass is 351 g/mol. The van der Waals surface area contributed by atoms with Gasteiger partial charge in [0.05, 0.1) is 17.4 Å². The normalized spacial score (nSPS) is 11.0. The van der Waals surface area contributed by atoms with E-state index in [0.717, 1.165) is 15.8 Å². The number of hydrogen-bond donors (Lipinski definition) is 1. The van der Waals surface area contributed by atoms with Gasteiger partial charge in [-0.2, -0.15) is 0 Å². The van der Waals surface area contributed by atoms with Crippen LogP contribution in [0, 0.1) is 0 Å². The number of likely N-dealkylation sites (N-methyl/N-ethyl adjacent to an activating group) is 1. The van der Waals surface area contributed by atoms with Crippen molar-refractivity contribution in [2.45, 2.75) is 13.1 Å². The highest BCUT2D eigenvalue weighted by Crippen LogP contribution is 2.22. The van der Waals surface area contributed by atoms with E-state index >= 15 is 0 Å². The van der Waals surface area contributed by atoms with Crippen molar-refractivity contribution in [3.8, 4) is 0 Å². The average Bonchev–Trinajstić information content (AvgIpc) is 2.93. The first-order valence-corrected chi connectivity index (χ1v) is 8.72. The summed E-state index contributed by atoms with van der Waals surface area (Å²) in [6.07, 6.45) is 0. The lowest BCUT2D eigenvalue weighted by Gasteiger charge is -2.24. The first-order valence-electron chi connectivity index (χ1n) is 7.53. The molecule has 2 rings (SSSR count). The van der Waals surface area contributed by atoms with Crippen LogP contribution in [0.1, 0.15) is 10.4 Å². The summed E-state index contributed by atoms with van der Waals surface area (Å²) in [6, 6.07) is 13.9. The minimum Gasteiger partial charge on any atom is -0.340 e. The SMILES string of the molecule is CN(Cc1ccc(Cl)s1)C(=O)CN(CCN)Cc1ccccc1. The van der Waals surface area contributed by atoms with E-state index in [9.17, 15) is 4.79 Å². The van der Waals surface area contributed by atoms with E-state index < -0.39 is 0 Å². The molecular weight excluding hydrogens is 330 g/mol. The molecule has 0 saturated carbocycles. The Morgan fingerprint density at radius 3 is 2.52 bits per heavy atom. The maximum atomic E-state index is 12.4. The molecule has 4 nitrogen and oxygen atoms in total. The summed E-state index contributed by atoms with van der Waals surface area (Å²) < 4.78 is 0.745. The Balaban J connectivity index is 1.91. The second kappa shape index (κ2) is 9.03. The van der Waals surface area contributed by atoms with E-state index in [1.54, 1.807) is 4.90 Å². The summed E-state index contributed by atoms with van der Waals surface area (Å²) >= 11 is 7.44. The molecule has 2 N–H and O–H groups in total. The van der Waals surface area contributed by atoms with Crippen LogP contribution in [-0.2, 0) is 17.9 Å². The molecule has 0 bridgehead atoms. The quantitative estimate of drug-likeness (QED) is 0.795. The summed E-state index contributed by atoms with van der Waals surface area (Å²) in [4.78, 5) is 17.3. The van der Waals surface area contributed by atoms with Crippen molar-refractivity contribution in [2.75, 3.05) is 26.7 Å². The molecule has 0 aliphatic rings. The van der Waals surface area contributed by atoms with E-state index in [0.29, 0.717) is 26.2 Å². The topological polar surface area (TPSA) is 49.6 Å². The van der Waals surface area contributed by atoms with Crippen molar-refractivity contribution in [3.63, 3.8) is 0 Å². The van der Waals surface area contributed by atoms with Gasteiger partial charge in [0.25, 0.3) is 0 Å². The Bertz CT molecular complexity index is 617. The van der Waals surface area contributed by atoms with Crippen LogP contribution in [0.25, 0.3) is 0 Å². The van der Waals surface area contributed by atoms with Crippen LogP contribution in [0.4, 0.5) is 0 Å². The molecule has 0 fully saturated rings. The summed E-state index contributed by atoms with van der Waals surface area (Å²) in [5.74, 6) is 0.0823. The van der Waals surface area contributed by atoms with Crippen molar-refractivity contribution in [2.24, 2.45) is 5.73 Å². The molecule has 0 atom stereocenters. The van der Waals surface area contributed by atoms with Gasteiger partial charge in [0.1, 0.15) is 0 Å². The number of carbonyl (C=O) groups excluding carboxylic acids is 1. The standard InChI is InChI=1S/C17H22ClN3OS/c1-20(12-15-7-8-16(18)23-15)17(22)13-21(10-9-19)11-14-5-3-2-4-6-14/h2-8H,9-13,19H2,1H3. The Morgan fingerprint density at radius 1 is 1.17 bits per heavy atom. The molecule has 0 radical (unpaired) electrons. The second-order valence-electron chi connectivity index (χ2n) is 5.44. The smallest absolute Gasteiger partial charge is 0.236 e. The average molecular weight is 352 g/mol. The fourth-order valence-corrected chi connectivity index (χ4v) is 3.45. The van der Waals surface area contributed by atoms with Gasteiger partial charge in [-0.05, 0) is 17.7 Å². The van der Waals surface area contributed by atoms with Gasteiger partial charge in [0.2, 0.25) is 5.91 Å². The number of nitrogens with two attached hydrogens (primary N) is 1. The number of halogens is 1. The molecule has 0 aliphatic carbocycles. The zero-order valence-corrected chi connectivity index (χ0v) is 14.8. The van der Waals surface area contributed by atoms with Crippen LogP contribution < -0.4 is 5.73 Å². The predicted molar refractivity (Wildman–Crippen MR) is 96.6 cm³/mol. The molecule has 1 heterocycles. The predicted octanol–water partition coefficient (Wildman–Crippen LogP) is 2.82. The van der Waals surface area contributed by atoms with Gasteiger partial charge in [-0.3, -0.25) is 9.69 Å². The molecule has 6 heteroatoms. The molecule has 0 saturated heterocycles. The zero-order valence-electron chi connectivity index (χ0n) is 13.2. The third-order valence-corrected chi connectivity index (χ3v) is 4.72. The molecule has 0 aliphatic heterocycles. The highest BCUT2D eigenvalue weighted by atomic mass is 35.5. The van der Waals surface area contributed by atoms with E-state index in [1.807, 2.05) is 37.4 Å². The first-order chi connectivity index (χ1) is 11.1. The van der Waals surface area contributed by atoms with Gasteiger partial charge >= 0.3 is 0 Å². The van der Waals surface area contributed by atoms with Crippen molar-refractivity contribution >= 4 is 28.8 Å². The van der Waals surface area contributed by atoms with Gasteiger partial charge < -0.3 is 10.6 Å². The van der Waals surface area contributed by atoms with Crippen LogP contribution in [0.5, 0.6) is 0 Å². The summed E-state index contributed by atoms with van der Waals surface area (Å²) in [7, 11) is 1.82. The maximum Gasteiger partial charge on any atom is 0.236 e. The lowest BCUT2D eigenvalue weighted by molar-refractivity contribution is -0.131. The highest BCUT2D eigenvalue weighted by molar-refractivity contribution is 7.16. The minimum atomic E-state index is 0.0823. The highest BCUT2D eigenvalue weighted by Gasteiger charge is 2.15. The fourth-order valence-electron chi connectivity index (χ4n) is 2.31. The number of benzene rings is 1. The number of rotatable bonds is 8. The fraction of sp³-hybridized carbons (Fsp3) is 0.353. The van der Waals surface area contributed by atoms with Crippen LogP contribution in [0.15, 0.2) is 42.5 Å². The Kier molecular flexibility index (Phi) is 7.05. The molecular formula is C17H22ClN3OS. The zero-order chi connectivity index (χ0) is 16.7. The Morgan fingerprint density at radius 2 is 1.91 bits per heavy atom. The van der Waals surface area contributed by atoms with Crippen LogP contribution in [0.3, 0.4) is 0 Å². The van der Waals surface area contributed by atoms with E-state index in [4.69, 9.17) is 17.3 Å². The minimum absolute atomic E-state index is 0.0823. The molecule has 23 heavy (non-hydrogen) atoms. The number of thiophene rings is 1. The Labute approximate surface area is 146 Å². The van der Waals surface area contributed by atoms with E-state index in [2.05, 4.69) is 17.0 Å². The molecule has 0 spiro atoms. The van der Waals surface area contributed by atoms with Gasteiger partial charge in [-0.25, -0.2) is 0 Å². The molecule has 1 amide bonds. The van der Waals surface area contributed by atoms with Crippen LogP contribution >= 0.6 is 22.9 Å². The first kappa shape index (κ1) is 17.9. The summed E-state index contributed by atoms with van der Waals surface area (Å²) in [6.45, 7) is 2.89. The van der Waals surface area contributed by atoms with E-state index in [1.165, 1.54) is 16.9 Å². The number of carbonyl (C=O) groups is 1. The molecule has 124 valence electrons. The number of nitrogens with zero attached hydrogens (tertiary/aromatic N) is 2. The van der Waals surface area contributed by atoms with Crippen molar-refractivity contribution in [3.05, 3.63) is 57.2 Å². The van der Waals surface area contributed by atoms with Gasteiger partial charge in [0, 0.05) is 31.6 Å². The summed E-state index contributed by atoms with van der Waals surface area (Å²) in [5.41, 5.74) is 6.86. The number of hydrogen-bond acceptors (Lipinski definition) is 4. The Hall–Kier alpha value is -1.40. The van der Waals surface area contributed by atoms with Crippen molar-refractivity contribution in [1.29, 1.82) is 0 Å². The molecule has 1 aromatic carbocycles. The molecule has 0 unspecified atom stereocenters. The molecule has 2 aromatic rings. The molecule has 1 aromatic heterocycles. The maximum absolute atomic E-state index is 12.4. The van der Waals surface area contributed by atoms with Crippen molar-refractivity contribution < 1.29 is 4.79 Å². The van der Waals surface area contributed by atoms with E-state index in [-0.39, 0.29) is 5.91 Å². The third-order valence-electron chi connectivity index (χ3n) is 3.50. The summed E-state index contributed by atoms with van der Waals surface area (Å²) in [5, 5.41) is 0. The van der Waals surface area contributed by atoms with Gasteiger partial charge in [0.15, 0.2) is 0 Å². The lowest BCUT2D eigenvalue weighted by Crippen LogP contribution is -2.39.